The number of benzene rings is 1. The van der Waals surface area contributed by atoms with Gasteiger partial charge in [0.1, 0.15) is 0 Å². The highest BCUT2D eigenvalue weighted by Gasteiger charge is 2.13. The topological polar surface area (TPSA) is 106 Å². The minimum atomic E-state index is -4.64. The van der Waals surface area contributed by atoms with Crippen LogP contribution >= 0.6 is 42.0 Å². The van der Waals surface area contributed by atoms with Crippen molar-refractivity contribution in [1.29, 1.82) is 0 Å². The molecule has 0 unspecified atom stereocenters. The largest absolute Gasteiger partial charge is 0.466 e. The van der Waals surface area contributed by atoms with Gasteiger partial charge in [-0.3, -0.25) is 4.98 Å². The maximum Gasteiger partial charge on any atom is 0.466 e. The smallest absolute Gasteiger partial charge is 0.352 e. The lowest BCUT2D eigenvalue weighted by molar-refractivity contribution is 0.275. The SMILES string of the molecule is Cc1nccc2c1[nH]c1c(I)cc(Cl)c(C)c12.O=P(O)(O)O. The van der Waals surface area contributed by atoms with Crippen LogP contribution in [0.5, 0.6) is 0 Å². The zero-order chi connectivity index (χ0) is 16.7. The van der Waals surface area contributed by atoms with E-state index in [1.807, 2.05) is 25.3 Å². The van der Waals surface area contributed by atoms with E-state index in [1.165, 1.54) is 10.8 Å². The summed E-state index contributed by atoms with van der Waals surface area (Å²) in [5.41, 5.74) is 4.40. The Morgan fingerprint density at radius 2 is 1.86 bits per heavy atom. The third-order valence-corrected chi connectivity index (χ3v) is 4.38. The summed E-state index contributed by atoms with van der Waals surface area (Å²) < 4.78 is 10.0. The number of aromatic nitrogens is 2. The van der Waals surface area contributed by atoms with Gasteiger partial charge in [-0.1, -0.05) is 11.6 Å². The van der Waals surface area contributed by atoms with Gasteiger partial charge in [0.05, 0.1) is 16.7 Å². The monoisotopic (exact) mass is 454 g/mol. The van der Waals surface area contributed by atoms with Crippen molar-refractivity contribution in [1.82, 2.24) is 9.97 Å². The number of halogens is 2. The van der Waals surface area contributed by atoms with Gasteiger partial charge >= 0.3 is 7.82 Å². The van der Waals surface area contributed by atoms with Gasteiger partial charge in [-0.05, 0) is 54.1 Å². The molecule has 0 spiro atoms. The average molecular weight is 455 g/mol. The van der Waals surface area contributed by atoms with Crippen molar-refractivity contribution in [3.63, 3.8) is 0 Å². The molecule has 0 bridgehead atoms. The Morgan fingerprint density at radius 1 is 1.27 bits per heavy atom. The molecule has 2 aromatic heterocycles. The van der Waals surface area contributed by atoms with Gasteiger partial charge in [0, 0.05) is 25.6 Å². The molecule has 3 aromatic rings. The molecule has 0 amide bonds. The summed E-state index contributed by atoms with van der Waals surface area (Å²) in [6, 6.07) is 4.04. The summed E-state index contributed by atoms with van der Waals surface area (Å²) in [4.78, 5) is 29.3. The van der Waals surface area contributed by atoms with Crippen molar-refractivity contribution in [3.05, 3.63) is 38.2 Å². The summed E-state index contributed by atoms with van der Waals surface area (Å²) in [7, 11) is -4.64. The fourth-order valence-corrected chi connectivity index (χ4v) is 3.34. The van der Waals surface area contributed by atoms with Crippen LogP contribution in [0.1, 0.15) is 11.3 Å². The van der Waals surface area contributed by atoms with Crippen molar-refractivity contribution in [2.45, 2.75) is 13.8 Å². The highest BCUT2D eigenvalue weighted by molar-refractivity contribution is 14.1. The first kappa shape index (κ1) is 17.7. The van der Waals surface area contributed by atoms with Crippen LogP contribution in [0.15, 0.2) is 18.3 Å². The summed E-state index contributed by atoms with van der Waals surface area (Å²) in [5, 5.41) is 3.23. The highest BCUT2D eigenvalue weighted by atomic mass is 127. The third kappa shape index (κ3) is 3.79. The summed E-state index contributed by atoms with van der Waals surface area (Å²) >= 11 is 8.57. The Hall–Kier alpha value is -0.700. The molecule has 22 heavy (non-hydrogen) atoms. The second-order valence-corrected chi connectivity index (χ2v) is 7.27. The van der Waals surface area contributed by atoms with Crippen LogP contribution in [0.25, 0.3) is 21.8 Å². The van der Waals surface area contributed by atoms with E-state index in [1.54, 1.807) is 0 Å². The van der Waals surface area contributed by atoms with Crippen LogP contribution in [0.2, 0.25) is 5.02 Å². The fourth-order valence-electron chi connectivity index (χ4n) is 2.23. The molecule has 0 aliphatic carbocycles. The Bertz CT molecular complexity index is 898. The number of rotatable bonds is 0. The Labute approximate surface area is 144 Å². The first-order valence-electron chi connectivity index (χ1n) is 6.09. The van der Waals surface area contributed by atoms with Crippen LogP contribution < -0.4 is 0 Å². The third-order valence-electron chi connectivity index (χ3n) is 3.14. The molecule has 0 fully saturated rings. The number of phosphoric acid groups is 1. The normalized spacial score (nSPS) is 11.6. The Morgan fingerprint density at radius 3 is 2.45 bits per heavy atom. The van der Waals surface area contributed by atoms with Crippen LogP contribution in [-0.2, 0) is 4.57 Å². The first-order chi connectivity index (χ1) is 10.1. The van der Waals surface area contributed by atoms with Crippen molar-refractivity contribution in [2.75, 3.05) is 0 Å². The molecule has 0 aliphatic rings. The minimum absolute atomic E-state index is 0.817. The Balaban J connectivity index is 0.000000309. The van der Waals surface area contributed by atoms with Gasteiger partial charge in [-0.2, -0.15) is 0 Å². The van der Waals surface area contributed by atoms with Gasteiger partial charge in [0.25, 0.3) is 0 Å². The highest BCUT2D eigenvalue weighted by Crippen LogP contribution is 2.35. The molecule has 0 saturated heterocycles. The standard InChI is InChI=1S/C13H10ClIN2.H3O4P/c1-6-9(14)5-10(15)13-11(6)8-3-4-16-7(2)12(8)17-13;1-5(2,3)4/h3-5,17H,1-2H3;(H3,1,2,3,4). The van der Waals surface area contributed by atoms with Crippen molar-refractivity contribution < 1.29 is 19.2 Å². The lowest BCUT2D eigenvalue weighted by Crippen LogP contribution is -1.82. The number of aryl methyl sites for hydroxylation is 2. The molecule has 0 aliphatic heterocycles. The molecule has 6 nitrogen and oxygen atoms in total. The number of H-pyrrole nitrogens is 1. The van der Waals surface area contributed by atoms with Gasteiger partial charge < -0.3 is 19.7 Å². The molecule has 4 N–H and O–H groups in total. The second kappa shape index (κ2) is 6.43. The number of hydrogen-bond acceptors (Lipinski definition) is 2. The summed E-state index contributed by atoms with van der Waals surface area (Å²) in [5.74, 6) is 0. The van der Waals surface area contributed by atoms with Gasteiger partial charge in [-0.15, -0.1) is 0 Å². The van der Waals surface area contributed by atoms with Gasteiger partial charge in [0.2, 0.25) is 0 Å². The quantitative estimate of drug-likeness (QED) is 0.306. The van der Waals surface area contributed by atoms with E-state index < -0.39 is 7.82 Å². The molecular formula is C13H13ClIN2O4P. The molecule has 0 atom stereocenters. The number of nitrogens with zero attached hydrogens (tertiary/aromatic N) is 1. The van der Waals surface area contributed by atoms with E-state index >= 15 is 0 Å². The zero-order valence-electron chi connectivity index (χ0n) is 11.6. The van der Waals surface area contributed by atoms with Gasteiger partial charge in [0.15, 0.2) is 0 Å². The molecular weight excluding hydrogens is 441 g/mol. The van der Waals surface area contributed by atoms with Crippen molar-refractivity contribution in [2.24, 2.45) is 0 Å². The number of hydrogen-bond donors (Lipinski definition) is 4. The second-order valence-electron chi connectivity index (χ2n) is 4.67. The van der Waals surface area contributed by atoms with Crippen LogP contribution in [-0.4, -0.2) is 24.6 Å². The molecule has 9 heteroatoms. The van der Waals surface area contributed by atoms with Crippen molar-refractivity contribution >= 4 is 63.8 Å². The fraction of sp³-hybridized carbons (Fsp3) is 0.154. The van der Waals surface area contributed by atoms with E-state index in [0.717, 1.165) is 30.9 Å². The Kier molecular flexibility index (Phi) is 5.16. The van der Waals surface area contributed by atoms with Crippen LogP contribution in [0.3, 0.4) is 0 Å². The van der Waals surface area contributed by atoms with E-state index in [9.17, 15) is 0 Å². The minimum Gasteiger partial charge on any atom is -0.352 e. The predicted octanol–water partition coefficient (Wildman–Crippen LogP) is 3.66. The molecule has 0 saturated carbocycles. The van der Waals surface area contributed by atoms with E-state index in [-0.39, 0.29) is 0 Å². The molecule has 1 aromatic carbocycles. The maximum atomic E-state index is 8.88. The first-order valence-corrected chi connectivity index (χ1v) is 9.11. The lowest BCUT2D eigenvalue weighted by atomic mass is 10.1. The molecule has 3 rings (SSSR count). The van der Waals surface area contributed by atoms with Crippen LogP contribution in [0, 0.1) is 17.4 Å². The zero-order valence-corrected chi connectivity index (χ0v) is 15.4. The summed E-state index contributed by atoms with van der Waals surface area (Å²) in [6.07, 6.45) is 1.85. The summed E-state index contributed by atoms with van der Waals surface area (Å²) in [6.45, 7) is 4.07. The number of fused-ring (bicyclic) bond motifs is 3. The number of aromatic amines is 1. The molecule has 2 heterocycles. The van der Waals surface area contributed by atoms with E-state index in [4.69, 9.17) is 30.8 Å². The van der Waals surface area contributed by atoms with Gasteiger partial charge in [-0.25, -0.2) is 4.57 Å². The van der Waals surface area contributed by atoms with E-state index in [0.29, 0.717) is 0 Å². The number of pyridine rings is 1. The molecule has 0 radical (unpaired) electrons. The van der Waals surface area contributed by atoms with Crippen LogP contribution in [0.4, 0.5) is 0 Å². The van der Waals surface area contributed by atoms with E-state index in [2.05, 4.69) is 39.5 Å². The predicted molar refractivity (Wildman–Crippen MR) is 95.1 cm³/mol. The number of nitrogens with one attached hydrogen (secondary N) is 1. The molecule has 118 valence electrons. The van der Waals surface area contributed by atoms with Crippen molar-refractivity contribution in [3.8, 4) is 0 Å². The average Bonchev–Trinajstić information content (AvgIpc) is 2.76. The lowest BCUT2D eigenvalue weighted by Gasteiger charge is -2.02. The maximum absolute atomic E-state index is 8.88.